The van der Waals surface area contributed by atoms with Crippen molar-refractivity contribution >= 4 is 22.6 Å². The van der Waals surface area contributed by atoms with Crippen molar-refractivity contribution in [2.45, 2.75) is 12.8 Å². The highest BCUT2D eigenvalue weighted by Gasteiger charge is 2.21. The Morgan fingerprint density at radius 3 is 2.58 bits per heavy atom. The lowest BCUT2D eigenvalue weighted by molar-refractivity contribution is 0.252. The Morgan fingerprint density at radius 2 is 1.82 bits per heavy atom. The van der Waals surface area contributed by atoms with E-state index in [4.69, 9.17) is 9.47 Å². The summed E-state index contributed by atoms with van der Waals surface area (Å²) in [5, 5.41) is 6.69. The number of fused-ring (bicyclic) bond motifs is 1. The number of nitrogens with one attached hydrogen (secondary N) is 3. The number of hydrogen-bond acceptors (Lipinski definition) is 3. The third-order valence-electron chi connectivity index (χ3n) is 5.70. The van der Waals surface area contributed by atoms with Crippen LogP contribution in [0.3, 0.4) is 0 Å². The fraction of sp³-hybridized carbons (Fsp3) is 0.192. The van der Waals surface area contributed by atoms with E-state index >= 15 is 0 Å². The summed E-state index contributed by atoms with van der Waals surface area (Å²) in [5.41, 5.74) is 3.93. The molecule has 6 nitrogen and oxygen atoms in total. The number of halogens is 1. The molecule has 1 heterocycles. The first kappa shape index (κ1) is 22.2. The van der Waals surface area contributed by atoms with E-state index < -0.39 is 6.03 Å². The maximum Gasteiger partial charge on any atom is 0.319 e. The summed E-state index contributed by atoms with van der Waals surface area (Å²) in [4.78, 5) is 15.9. The molecule has 0 aliphatic carbocycles. The van der Waals surface area contributed by atoms with Crippen molar-refractivity contribution in [2.75, 3.05) is 26.1 Å². The number of carbonyl (C=O) groups is 1. The van der Waals surface area contributed by atoms with Gasteiger partial charge in [0.1, 0.15) is 5.82 Å². The predicted octanol–water partition coefficient (Wildman–Crippen LogP) is 5.59. The molecule has 4 aromatic rings. The Morgan fingerprint density at radius 1 is 1.03 bits per heavy atom. The Kier molecular flexibility index (Phi) is 6.49. The van der Waals surface area contributed by atoms with Gasteiger partial charge in [0.05, 0.1) is 14.2 Å². The predicted molar refractivity (Wildman–Crippen MR) is 128 cm³/mol. The van der Waals surface area contributed by atoms with Gasteiger partial charge >= 0.3 is 6.03 Å². The number of benzene rings is 3. The number of amides is 2. The average molecular weight is 448 g/mol. The van der Waals surface area contributed by atoms with Crippen LogP contribution in [0.15, 0.2) is 66.9 Å². The Labute approximate surface area is 191 Å². The zero-order chi connectivity index (χ0) is 23.4. The molecule has 0 saturated heterocycles. The first-order valence-electron chi connectivity index (χ1n) is 10.6. The maximum atomic E-state index is 13.8. The van der Waals surface area contributed by atoms with Crippen LogP contribution in [-0.4, -0.2) is 31.8 Å². The normalized spacial score (nSPS) is 11.8. The minimum Gasteiger partial charge on any atom is -0.493 e. The standard InChI is InChI=1S/C26H26FN3O3/c1-16-8-10-18(13-22(16)27)30-26(31)29-14-20(17-9-11-24(32-2)25(12-17)33-3)21-15-28-23-7-5-4-6-19(21)23/h4-13,15,20,28H,14H2,1-3H3,(H2,29,30,31). The number of urea groups is 1. The largest absolute Gasteiger partial charge is 0.493 e. The molecule has 170 valence electrons. The first-order chi connectivity index (χ1) is 16.0. The molecule has 1 atom stereocenters. The summed E-state index contributed by atoms with van der Waals surface area (Å²) in [7, 11) is 3.18. The van der Waals surface area contributed by atoms with Crippen LogP contribution in [0.5, 0.6) is 11.5 Å². The highest BCUT2D eigenvalue weighted by molar-refractivity contribution is 5.89. The van der Waals surface area contributed by atoms with Gasteiger partial charge in [-0.15, -0.1) is 0 Å². The topological polar surface area (TPSA) is 75.4 Å². The number of aromatic nitrogens is 1. The number of H-pyrrole nitrogens is 1. The lowest BCUT2D eigenvalue weighted by atomic mass is 9.90. The van der Waals surface area contributed by atoms with Gasteiger partial charge in [0.15, 0.2) is 11.5 Å². The number of rotatable bonds is 7. The third-order valence-corrected chi connectivity index (χ3v) is 5.70. The van der Waals surface area contributed by atoms with Crippen molar-refractivity contribution in [3.05, 3.63) is 89.4 Å². The van der Waals surface area contributed by atoms with E-state index in [1.54, 1.807) is 33.3 Å². The van der Waals surface area contributed by atoms with E-state index in [0.717, 1.165) is 22.0 Å². The molecule has 0 aliphatic rings. The third kappa shape index (κ3) is 4.77. The van der Waals surface area contributed by atoms with E-state index in [1.165, 1.54) is 6.07 Å². The van der Waals surface area contributed by atoms with Crippen LogP contribution in [-0.2, 0) is 0 Å². The smallest absolute Gasteiger partial charge is 0.319 e. The lowest BCUT2D eigenvalue weighted by Crippen LogP contribution is -2.32. The molecule has 0 aliphatic heterocycles. The quantitative estimate of drug-likeness (QED) is 0.346. The number of methoxy groups -OCH3 is 2. The van der Waals surface area contributed by atoms with Gasteiger partial charge in [-0.1, -0.05) is 30.3 Å². The van der Waals surface area contributed by atoms with Crippen molar-refractivity contribution in [2.24, 2.45) is 0 Å². The highest BCUT2D eigenvalue weighted by Crippen LogP contribution is 2.35. The highest BCUT2D eigenvalue weighted by atomic mass is 19.1. The molecule has 1 unspecified atom stereocenters. The van der Waals surface area contributed by atoms with E-state index in [2.05, 4.69) is 15.6 Å². The van der Waals surface area contributed by atoms with Crippen molar-refractivity contribution in [3.63, 3.8) is 0 Å². The fourth-order valence-electron chi connectivity index (χ4n) is 3.90. The fourth-order valence-corrected chi connectivity index (χ4v) is 3.90. The zero-order valence-electron chi connectivity index (χ0n) is 18.7. The number of aryl methyl sites for hydroxylation is 1. The van der Waals surface area contributed by atoms with Crippen molar-refractivity contribution < 1.29 is 18.7 Å². The molecular weight excluding hydrogens is 421 g/mol. The molecule has 3 aromatic carbocycles. The molecular formula is C26H26FN3O3. The van der Waals surface area contributed by atoms with Gasteiger partial charge < -0.3 is 25.1 Å². The maximum absolute atomic E-state index is 13.8. The molecule has 0 bridgehead atoms. The van der Waals surface area contributed by atoms with E-state index in [1.807, 2.05) is 48.7 Å². The van der Waals surface area contributed by atoms with Crippen LogP contribution >= 0.6 is 0 Å². The number of anilines is 1. The van der Waals surface area contributed by atoms with Gasteiger partial charge in [-0.3, -0.25) is 0 Å². The summed E-state index contributed by atoms with van der Waals surface area (Å²) >= 11 is 0. The molecule has 0 fully saturated rings. The Balaban J connectivity index is 1.62. The number of carbonyl (C=O) groups excluding carboxylic acids is 1. The molecule has 0 saturated carbocycles. The van der Waals surface area contributed by atoms with Crippen LogP contribution in [0, 0.1) is 12.7 Å². The van der Waals surface area contributed by atoms with E-state index in [-0.39, 0.29) is 11.7 Å². The van der Waals surface area contributed by atoms with Gasteiger partial charge in [0, 0.05) is 35.2 Å². The van der Waals surface area contributed by atoms with Gasteiger partial charge in [-0.05, 0) is 53.9 Å². The van der Waals surface area contributed by atoms with Crippen LogP contribution in [0.2, 0.25) is 0 Å². The van der Waals surface area contributed by atoms with Gasteiger partial charge in [0.2, 0.25) is 0 Å². The molecule has 4 rings (SSSR count). The number of ether oxygens (including phenoxy) is 2. The van der Waals surface area contributed by atoms with Crippen LogP contribution in [0.25, 0.3) is 10.9 Å². The van der Waals surface area contributed by atoms with E-state index in [0.29, 0.717) is 29.3 Å². The summed E-state index contributed by atoms with van der Waals surface area (Å²) in [6, 6.07) is 17.9. The van der Waals surface area contributed by atoms with Crippen LogP contribution in [0.4, 0.5) is 14.9 Å². The SMILES string of the molecule is COc1ccc(C(CNC(=O)Nc2ccc(C)c(F)c2)c2c[nH]c3ccccc23)cc1OC. The van der Waals surface area contributed by atoms with Crippen molar-refractivity contribution in [1.82, 2.24) is 10.3 Å². The van der Waals surface area contributed by atoms with Crippen molar-refractivity contribution in [1.29, 1.82) is 0 Å². The Hall–Kier alpha value is -4.00. The van der Waals surface area contributed by atoms with Crippen LogP contribution in [0.1, 0.15) is 22.6 Å². The molecule has 7 heteroatoms. The number of para-hydroxylation sites is 1. The second-order valence-electron chi connectivity index (χ2n) is 7.76. The summed E-state index contributed by atoms with van der Waals surface area (Å²) < 4.78 is 24.7. The monoisotopic (exact) mass is 447 g/mol. The summed E-state index contributed by atoms with van der Waals surface area (Å²) in [6.45, 7) is 1.99. The first-order valence-corrected chi connectivity index (χ1v) is 10.6. The van der Waals surface area contributed by atoms with Crippen LogP contribution < -0.4 is 20.1 Å². The second kappa shape index (κ2) is 9.65. The summed E-state index contributed by atoms with van der Waals surface area (Å²) in [5.74, 6) is 0.710. The van der Waals surface area contributed by atoms with Crippen molar-refractivity contribution in [3.8, 4) is 11.5 Å². The molecule has 1 aromatic heterocycles. The van der Waals surface area contributed by atoms with Gasteiger partial charge in [-0.25, -0.2) is 9.18 Å². The Bertz CT molecular complexity index is 1290. The zero-order valence-corrected chi connectivity index (χ0v) is 18.7. The lowest BCUT2D eigenvalue weighted by Gasteiger charge is -2.20. The minimum absolute atomic E-state index is 0.165. The average Bonchev–Trinajstić information content (AvgIpc) is 3.25. The van der Waals surface area contributed by atoms with Gasteiger partial charge in [-0.2, -0.15) is 0 Å². The summed E-state index contributed by atoms with van der Waals surface area (Å²) in [6.07, 6.45) is 1.96. The number of aromatic amines is 1. The molecule has 33 heavy (non-hydrogen) atoms. The molecule has 0 radical (unpaired) electrons. The number of hydrogen-bond donors (Lipinski definition) is 3. The molecule has 2 amide bonds. The molecule has 3 N–H and O–H groups in total. The van der Waals surface area contributed by atoms with Gasteiger partial charge in [0.25, 0.3) is 0 Å². The second-order valence-corrected chi connectivity index (χ2v) is 7.76. The minimum atomic E-state index is -0.413. The van der Waals surface area contributed by atoms with E-state index in [9.17, 15) is 9.18 Å². The molecule has 0 spiro atoms.